The van der Waals surface area contributed by atoms with Crippen molar-refractivity contribution in [1.29, 1.82) is 0 Å². The van der Waals surface area contributed by atoms with Crippen LogP contribution in [0.4, 0.5) is 0 Å². The molecule has 0 aromatic carbocycles. The molecule has 0 amide bonds. The Morgan fingerprint density at radius 1 is 1.62 bits per heavy atom. The Balaban J connectivity index is 1.94. The largest absolute Gasteiger partial charge is 0.377 e. The zero-order chi connectivity index (χ0) is 11.4. The minimum atomic E-state index is 0.389. The van der Waals surface area contributed by atoms with Gasteiger partial charge in [0.1, 0.15) is 0 Å². The van der Waals surface area contributed by atoms with Crippen molar-refractivity contribution in [2.24, 2.45) is 0 Å². The summed E-state index contributed by atoms with van der Waals surface area (Å²) in [6.45, 7) is 0.928. The summed E-state index contributed by atoms with van der Waals surface area (Å²) in [5, 5.41) is 5.54. The van der Waals surface area contributed by atoms with E-state index in [9.17, 15) is 0 Å². The van der Waals surface area contributed by atoms with E-state index in [0.717, 1.165) is 13.0 Å². The highest BCUT2D eigenvalue weighted by Crippen LogP contribution is 2.24. The van der Waals surface area contributed by atoms with E-state index in [1.165, 1.54) is 28.6 Å². The van der Waals surface area contributed by atoms with Gasteiger partial charge in [0, 0.05) is 27.4 Å². The molecular formula is C12H18BrNOS. The van der Waals surface area contributed by atoms with Gasteiger partial charge >= 0.3 is 0 Å². The molecule has 2 nitrogen and oxygen atoms in total. The molecule has 4 heteroatoms. The first-order chi connectivity index (χ1) is 7.79. The average Bonchev–Trinajstić information content (AvgIpc) is 2.73. The van der Waals surface area contributed by atoms with Gasteiger partial charge in [0.2, 0.25) is 0 Å². The summed E-state index contributed by atoms with van der Waals surface area (Å²) in [5.74, 6) is 0. The molecule has 1 aliphatic heterocycles. The van der Waals surface area contributed by atoms with Crippen molar-refractivity contribution < 1.29 is 4.74 Å². The van der Waals surface area contributed by atoms with E-state index in [1.54, 1.807) is 0 Å². The van der Waals surface area contributed by atoms with Crippen molar-refractivity contribution >= 4 is 27.3 Å². The minimum absolute atomic E-state index is 0.389. The quantitative estimate of drug-likeness (QED) is 0.922. The van der Waals surface area contributed by atoms with Crippen LogP contribution in [-0.4, -0.2) is 25.8 Å². The molecule has 1 aliphatic rings. The molecule has 2 heterocycles. The molecule has 16 heavy (non-hydrogen) atoms. The van der Waals surface area contributed by atoms with Crippen LogP contribution in [-0.2, 0) is 11.2 Å². The van der Waals surface area contributed by atoms with Gasteiger partial charge in [0.15, 0.2) is 0 Å². The number of thiophene rings is 1. The van der Waals surface area contributed by atoms with Crippen molar-refractivity contribution in [3.8, 4) is 0 Å². The predicted molar refractivity (Wildman–Crippen MR) is 72.2 cm³/mol. The first kappa shape index (κ1) is 12.6. The van der Waals surface area contributed by atoms with E-state index >= 15 is 0 Å². The van der Waals surface area contributed by atoms with Crippen molar-refractivity contribution in [3.63, 3.8) is 0 Å². The second kappa shape index (κ2) is 6.15. The van der Waals surface area contributed by atoms with Crippen molar-refractivity contribution in [3.05, 3.63) is 20.8 Å². The predicted octanol–water partition coefficient (Wildman–Crippen LogP) is 3.21. The molecule has 0 saturated carbocycles. The zero-order valence-corrected chi connectivity index (χ0v) is 11.9. The van der Waals surface area contributed by atoms with E-state index in [4.69, 9.17) is 4.74 Å². The van der Waals surface area contributed by atoms with Crippen LogP contribution < -0.4 is 5.32 Å². The number of hydrogen-bond acceptors (Lipinski definition) is 3. The highest BCUT2D eigenvalue weighted by atomic mass is 79.9. The minimum Gasteiger partial charge on any atom is -0.377 e. The van der Waals surface area contributed by atoms with Gasteiger partial charge < -0.3 is 10.1 Å². The summed E-state index contributed by atoms with van der Waals surface area (Å²) in [6, 6.07) is 2.66. The molecular weight excluding hydrogens is 286 g/mol. The molecule has 1 aromatic rings. The number of ether oxygens (including phenoxy) is 1. The van der Waals surface area contributed by atoms with Crippen molar-refractivity contribution in [2.75, 3.05) is 13.7 Å². The molecule has 0 aliphatic carbocycles. The fourth-order valence-electron chi connectivity index (χ4n) is 2.18. The van der Waals surface area contributed by atoms with E-state index in [2.05, 4.69) is 32.7 Å². The number of hydrogen-bond donors (Lipinski definition) is 1. The maximum atomic E-state index is 5.84. The van der Waals surface area contributed by atoms with Crippen LogP contribution in [0.1, 0.15) is 24.1 Å². The van der Waals surface area contributed by atoms with Crippen LogP contribution in [0.5, 0.6) is 0 Å². The van der Waals surface area contributed by atoms with Gasteiger partial charge in [-0.25, -0.2) is 0 Å². The number of halogens is 1. The molecule has 2 rings (SSSR count). The lowest BCUT2D eigenvalue weighted by atomic mass is 9.99. The Bertz CT molecular complexity index is 323. The Hall–Kier alpha value is 0.1000. The fourth-order valence-corrected chi connectivity index (χ4v) is 3.69. The lowest BCUT2D eigenvalue weighted by molar-refractivity contribution is -0.00572. The first-order valence-electron chi connectivity index (χ1n) is 5.81. The normalized spacial score (nSPS) is 23.2. The number of rotatable bonds is 4. The summed E-state index contributed by atoms with van der Waals surface area (Å²) < 4.78 is 7.03. The molecule has 90 valence electrons. The third-order valence-corrected chi connectivity index (χ3v) is 4.80. The van der Waals surface area contributed by atoms with Gasteiger partial charge in [-0.3, -0.25) is 0 Å². The Kier molecular flexibility index (Phi) is 4.82. The standard InChI is InChI=1S/C12H18BrNOS/c1-14-11(12-4-2-3-5-15-12)7-10-6-9(13)8-16-10/h6,8,11-12,14H,2-5,7H2,1H3. The molecule has 2 atom stereocenters. The molecule has 1 aromatic heterocycles. The lowest BCUT2D eigenvalue weighted by Gasteiger charge is -2.30. The van der Waals surface area contributed by atoms with Gasteiger partial charge in [-0.2, -0.15) is 0 Å². The molecule has 2 unspecified atom stereocenters. The molecule has 1 saturated heterocycles. The third kappa shape index (κ3) is 3.29. The first-order valence-corrected chi connectivity index (χ1v) is 7.48. The van der Waals surface area contributed by atoms with Gasteiger partial charge in [0.05, 0.1) is 6.10 Å². The van der Waals surface area contributed by atoms with Crippen LogP contribution in [0.25, 0.3) is 0 Å². The molecule has 0 radical (unpaired) electrons. The zero-order valence-electron chi connectivity index (χ0n) is 9.54. The van der Waals surface area contributed by atoms with E-state index < -0.39 is 0 Å². The second-order valence-corrected chi connectivity index (χ2v) is 6.15. The highest BCUT2D eigenvalue weighted by molar-refractivity contribution is 9.10. The van der Waals surface area contributed by atoms with Gasteiger partial charge in [-0.05, 0) is 54.7 Å². The number of likely N-dealkylation sites (N-methyl/N-ethyl adjacent to an activating group) is 1. The Labute approximate surface area is 110 Å². The van der Waals surface area contributed by atoms with Gasteiger partial charge in [0.25, 0.3) is 0 Å². The van der Waals surface area contributed by atoms with Crippen LogP contribution in [0.15, 0.2) is 15.9 Å². The van der Waals surface area contributed by atoms with Crippen LogP contribution in [0, 0.1) is 0 Å². The van der Waals surface area contributed by atoms with Crippen LogP contribution in [0.3, 0.4) is 0 Å². The van der Waals surface area contributed by atoms with Gasteiger partial charge in [-0.1, -0.05) is 0 Å². The summed E-state index contributed by atoms with van der Waals surface area (Å²) in [5.41, 5.74) is 0. The highest BCUT2D eigenvalue weighted by Gasteiger charge is 2.23. The van der Waals surface area contributed by atoms with E-state index in [-0.39, 0.29) is 0 Å². The monoisotopic (exact) mass is 303 g/mol. The molecule has 1 N–H and O–H groups in total. The van der Waals surface area contributed by atoms with Crippen molar-refractivity contribution in [1.82, 2.24) is 5.32 Å². The third-order valence-electron chi connectivity index (χ3n) is 3.08. The summed E-state index contributed by atoms with van der Waals surface area (Å²) in [6.07, 6.45) is 5.17. The maximum absolute atomic E-state index is 5.84. The number of nitrogens with one attached hydrogen (secondary N) is 1. The van der Waals surface area contributed by atoms with E-state index in [0.29, 0.717) is 12.1 Å². The Morgan fingerprint density at radius 2 is 2.50 bits per heavy atom. The summed E-state index contributed by atoms with van der Waals surface area (Å²) >= 11 is 5.31. The topological polar surface area (TPSA) is 21.3 Å². The van der Waals surface area contributed by atoms with Crippen LogP contribution in [0.2, 0.25) is 0 Å². The summed E-state index contributed by atoms with van der Waals surface area (Å²) in [7, 11) is 2.03. The van der Waals surface area contributed by atoms with Gasteiger partial charge in [-0.15, -0.1) is 11.3 Å². The molecule has 0 spiro atoms. The Morgan fingerprint density at radius 3 is 3.06 bits per heavy atom. The lowest BCUT2D eigenvalue weighted by Crippen LogP contribution is -2.42. The SMILES string of the molecule is CNC(Cc1cc(Br)cs1)C1CCCCO1. The van der Waals surface area contributed by atoms with Crippen LogP contribution >= 0.6 is 27.3 Å². The maximum Gasteiger partial charge on any atom is 0.0731 e. The smallest absolute Gasteiger partial charge is 0.0731 e. The summed E-state index contributed by atoms with van der Waals surface area (Å²) in [4.78, 5) is 1.42. The average molecular weight is 304 g/mol. The molecule has 0 bridgehead atoms. The fraction of sp³-hybridized carbons (Fsp3) is 0.667. The van der Waals surface area contributed by atoms with E-state index in [1.807, 2.05) is 18.4 Å². The second-order valence-electron chi connectivity index (χ2n) is 4.24. The van der Waals surface area contributed by atoms with Crippen molar-refractivity contribution in [2.45, 2.75) is 37.8 Å². The molecule has 1 fully saturated rings.